The number of hydrogen-bond acceptors (Lipinski definition) is 5. The number of rotatable bonds is 7. The van der Waals surface area contributed by atoms with E-state index in [1.165, 1.54) is 18.4 Å². The molecule has 5 nitrogen and oxygen atoms in total. The van der Waals surface area contributed by atoms with Crippen molar-refractivity contribution in [2.45, 2.75) is 51.2 Å². The maximum atomic E-state index is 6.21. The van der Waals surface area contributed by atoms with E-state index in [1.54, 1.807) is 14.2 Å². The van der Waals surface area contributed by atoms with Crippen LogP contribution < -0.4 is 9.47 Å². The number of hydrogen-bond donors (Lipinski definition) is 0. The molecule has 2 atom stereocenters. The number of nitrogens with zero attached hydrogens (tertiary/aromatic N) is 2. The number of methoxy groups -OCH3 is 2. The summed E-state index contributed by atoms with van der Waals surface area (Å²) < 4.78 is 11.3. The first-order chi connectivity index (χ1) is 17.6. The van der Waals surface area contributed by atoms with Gasteiger partial charge in [-0.1, -0.05) is 72.1 Å². The number of benzene rings is 3. The van der Waals surface area contributed by atoms with Crippen LogP contribution in [0.25, 0.3) is 0 Å². The standard InChI is InChI=1S/C30H31ClN2O3/c1-19(33-36-18-22-8-4-6-10-26(22)31)20-12-14-21(15-13-20)30-25-17-29(35-3)28(34-2)16-24(25)23-9-5-7-11-27(23)32-30/h4,6,8,10,12-17,23,27H,5,7,9,11,18H2,1-3H3/t23-,27-/m1/s1. The number of oxime groups is 1. The van der Waals surface area contributed by atoms with E-state index in [0.717, 1.165) is 58.0 Å². The van der Waals surface area contributed by atoms with E-state index in [2.05, 4.69) is 41.6 Å². The molecule has 3 aromatic carbocycles. The molecule has 1 heterocycles. The molecule has 1 fully saturated rings. The third kappa shape index (κ3) is 4.85. The van der Waals surface area contributed by atoms with E-state index < -0.39 is 0 Å². The Morgan fingerprint density at radius 1 is 0.972 bits per heavy atom. The molecule has 2 aliphatic rings. The van der Waals surface area contributed by atoms with Crippen molar-refractivity contribution in [2.24, 2.45) is 10.1 Å². The Morgan fingerprint density at radius 2 is 1.69 bits per heavy atom. The minimum Gasteiger partial charge on any atom is -0.493 e. The average molecular weight is 503 g/mol. The molecule has 1 saturated carbocycles. The maximum absolute atomic E-state index is 6.21. The topological polar surface area (TPSA) is 52.4 Å². The molecular weight excluding hydrogens is 472 g/mol. The normalized spacial score (nSPS) is 19.1. The van der Waals surface area contributed by atoms with E-state index in [9.17, 15) is 0 Å². The molecule has 36 heavy (non-hydrogen) atoms. The van der Waals surface area contributed by atoms with Gasteiger partial charge in [-0.25, -0.2) is 0 Å². The third-order valence-electron chi connectivity index (χ3n) is 7.19. The fourth-order valence-electron chi connectivity index (χ4n) is 5.24. The van der Waals surface area contributed by atoms with Crippen LogP contribution in [0, 0.1) is 0 Å². The molecule has 0 radical (unpaired) electrons. The minimum absolute atomic E-state index is 0.306. The van der Waals surface area contributed by atoms with Gasteiger partial charge in [0.25, 0.3) is 0 Å². The van der Waals surface area contributed by atoms with Crippen LogP contribution in [0.2, 0.25) is 5.02 Å². The molecule has 0 unspecified atom stereocenters. The molecule has 0 bridgehead atoms. The Kier molecular flexibility index (Phi) is 7.28. The first-order valence-corrected chi connectivity index (χ1v) is 12.8. The molecular formula is C30H31ClN2O3. The van der Waals surface area contributed by atoms with Crippen molar-refractivity contribution < 1.29 is 14.3 Å². The summed E-state index contributed by atoms with van der Waals surface area (Å²) in [5, 5.41) is 4.98. The lowest BCUT2D eigenvalue weighted by molar-refractivity contribution is 0.130. The second kappa shape index (κ2) is 10.8. The van der Waals surface area contributed by atoms with Gasteiger partial charge in [-0.2, -0.15) is 0 Å². The van der Waals surface area contributed by atoms with Crippen LogP contribution >= 0.6 is 11.6 Å². The smallest absolute Gasteiger partial charge is 0.161 e. The molecule has 0 spiro atoms. The highest BCUT2D eigenvalue weighted by Crippen LogP contribution is 2.44. The van der Waals surface area contributed by atoms with Crippen LogP contribution in [-0.4, -0.2) is 31.7 Å². The Hall–Kier alpha value is -3.31. The van der Waals surface area contributed by atoms with Crippen molar-refractivity contribution in [1.29, 1.82) is 0 Å². The summed E-state index contributed by atoms with van der Waals surface area (Å²) in [7, 11) is 3.37. The van der Waals surface area contributed by atoms with Crippen LogP contribution in [0.1, 0.15) is 66.3 Å². The number of aliphatic imine (C=N–C) groups is 1. The van der Waals surface area contributed by atoms with Crippen LogP contribution in [-0.2, 0) is 11.4 Å². The third-order valence-corrected chi connectivity index (χ3v) is 7.56. The number of ether oxygens (including phenoxy) is 2. The van der Waals surface area contributed by atoms with Gasteiger partial charge in [-0.05, 0) is 49.1 Å². The predicted octanol–water partition coefficient (Wildman–Crippen LogP) is 7.18. The molecule has 0 N–H and O–H groups in total. The van der Waals surface area contributed by atoms with E-state index >= 15 is 0 Å². The van der Waals surface area contributed by atoms with E-state index in [-0.39, 0.29) is 0 Å². The summed E-state index contributed by atoms with van der Waals surface area (Å²) in [4.78, 5) is 10.8. The van der Waals surface area contributed by atoms with Gasteiger partial charge < -0.3 is 14.3 Å². The fourth-order valence-corrected chi connectivity index (χ4v) is 5.43. The van der Waals surface area contributed by atoms with Crippen LogP contribution in [0.5, 0.6) is 11.5 Å². The van der Waals surface area contributed by atoms with Gasteiger partial charge in [0.1, 0.15) is 6.61 Å². The van der Waals surface area contributed by atoms with Crippen molar-refractivity contribution in [3.05, 3.63) is 93.5 Å². The summed E-state index contributed by atoms with van der Waals surface area (Å²) >= 11 is 6.21. The molecule has 6 heteroatoms. The van der Waals surface area contributed by atoms with Crippen molar-refractivity contribution >= 4 is 23.0 Å². The van der Waals surface area contributed by atoms with Gasteiger partial charge in [-0.15, -0.1) is 0 Å². The SMILES string of the molecule is COc1cc2c(cc1OC)[C@H]1CCCC[C@H]1N=C2c1ccc(C(C)=NOCc2ccccc2Cl)cc1. The zero-order chi connectivity index (χ0) is 25.1. The zero-order valence-electron chi connectivity index (χ0n) is 21.0. The van der Waals surface area contributed by atoms with Gasteiger partial charge in [0.2, 0.25) is 0 Å². The Morgan fingerprint density at radius 3 is 2.44 bits per heavy atom. The first kappa shape index (κ1) is 24.4. The Bertz CT molecular complexity index is 1300. The van der Waals surface area contributed by atoms with Gasteiger partial charge in [0.05, 0.1) is 31.7 Å². The minimum atomic E-state index is 0.306. The molecule has 1 aliphatic carbocycles. The lowest BCUT2D eigenvalue weighted by atomic mass is 9.75. The van der Waals surface area contributed by atoms with E-state index in [4.69, 9.17) is 30.9 Å². The van der Waals surface area contributed by atoms with Crippen LogP contribution in [0.4, 0.5) is 0 Å². The number of halogens is 1. The average Bonchev–Trinajstić information content (AvgIpc) is 2.92. The Balaban J connectivity index is 1.41. The fraction of sp³-hybridized carbons (Fsp3) is 0.333. The summed E-state index contributed by atoms with van der Waals surface area (Å²) in [6.45, 7) is 2.27. The van der Waals surface area contributed by atoms with E-state index in [0.29, 0.717) is 23.6 Å². The first-order valence-electron chi connectivity index (χ1n) is 12.4. The molecule has 1 aliphatic heterocycles. The molecule has 3 aromatic rings. The maximum Gasteiger partial charge on any atom is 0.161 e. The molecule has 5 rings (SSSR count). The van der Waals surface area contributed by atoms with Crippen LogP contribution in [0.3, 0.4) is 0 Å². The van der Waals surface area contributed by atoms with Crippen molar-refractivity contribution in [3.8, 4) is 11.5 Å². The second-order valence-electron chi connectivity index (χ2n) is 9.35. The molecule has 0 aromatic heterocycles. The summed E-state index contributed by atoms with van der Waals surface area (Å²) in [6, 6.07) is 20.6. The largest absolute Gasteiger partial charge is 0.493 e. The molecule has 186 valence electrons. The zero-order valence-corrected chi connectivity index (χ0v) is 21.7. The molecule has 0 amide bonds. The summed E-state index contributed by atoms with van der Waals surface area (Å²) in [6.07, 6.45) is 4.75. The van der Waals surface area contributed by atoms with Crippen LogP contribution in [0.15, 0.2) is 70.8 Å². The van der Waals surface area contributed by atoms with Gasteiger partial charge >= 0.3 is 0 Å². The lowest BCUT2D eigenvalue weighted by Crippen LogP contribution is -2.29. The number of fused-ring (bicyclic) bond motifs is 3. The summed E-state index contributed by atoms with van der Waals surface area (Å²) in [5.74, 6) is 1.94. The highest BCUT2D eigenvalue weighted by Gasteiger charge is 2.34. The van der Waals surface area contributed by atoms with E-state index in [1.807, 2.05) is 31.2 Å². The second-order valence-corrected chi connectivity index (χ2v) is 9.76. The highest BCUT2D eigenvalue weighted by atomic mass is 35.5. The monoisotopic (exact) mass is 502 g/mol. The summed E-state index contributed by atoms with van der Waals surface area (Å²) in [5.41, 5.74) is 7.27. The highest BCUT2D eigenvalue weighted by molar-refractivity contribution is 6.31. The van der Waals surface area contributed by atoms with Crippen molar-refractivity contribution in [1.82, 2.24) is 0 Å². The Labute approximate surface area is 217 Å². The lowest BCUT2D eigenvalue weighted by Gasteiger charge is -2.35. The van der Waals surface area contributed by atoms with Crippen molar-refractivity contribution in [2.75, 3.05) is 14.2 Å². The van der Waals surface area contributed by atoms with Gasteiger partial charge in [0, 0.05) is 27.6 Å². The predicted molar refractivity (Wildman–Crippen MR) is 145 cm³/mol. The quantitative estimate of drug-likeness (QED) is 0.254. The van der Waals surface area contributed by atoms with Gasteiger partial charge in [-0.3, -0.25) is 4.99 Å². The van der Waals surface area contributed by atoms with Crippen molar-refractivity contribution in [3.63, 3.8) is 0 Å². The van der Waals surface area contributed by atoms with Gasteiger partial charge in [0.15, 0.2) is 11.5 Å². The molecule has 0 saturated heterocycles.